The molecule has 0 spiro atoms. The van der Waals surface area contributed by atoms with Gasteiger partial charge in [-0.3, -0.25) is 14.7 Å². The molecule has 13 heteroatoms. The standard InChI is InChI=1S/C20H19ClF3N7O2/c1-30-15(13-9-27-29-16(13)20(22,23)24)10-26-17(30)18(32)28-11-2-3-12(14(21)8-11)19(33)31-6-4-25-5-7-31/h2-3,8-10,25H,4-7H2,1H3,(H,27,29)(H,28,32). The van der Waals surface area contributed by atoms with Crippen LogP contribution < -0.4 is 10.6 Å². The molecule has 3 heterocycles. The number of H-pyrrole nitrogens is 1. The number of carbonyl (C=O) groups is 2. The number of rotatable bonds is 4. The SMILES string of the molecule is Cn1c(-c2cn[nH]c2C(F)(F)F)cnc1C(=O)Nc1ccc(C(=O)N2CCNCC2)c(Cl)c1. The normalized spacial score (nSPS) is 14.4. The Morgan fingerprint density at radius 3 is 2.58 bits per heavy atom. The topological polar surface area (TPSA) is 108 Å². The number of benzene rings is 1. The average molecular weight is 482 g/mol. The van der Waals surface area contributed by atoms with Crippen LogP contribution in [0.2, 0.25) is 5.02 Å². The van der Waals surface area contributed by atoms with Gasteiger partial charge in [0.15, 0.2) is 5.82 Å². The van der Waals surface area contributed by atoms with Gasteiger partial charge in [0, 0.05) is 38.9 Å². The summed E-state index contributed by atoms with van der Waals surface area (Å²) in [7, 11) is 1.42. The number of carbonyl (C=O) groups excluding carboxylic acids is 2. The van der Waals surface area contributed by atoms with Gasteiger partial charge in [-0.1, -0.05) is 11.6 Å². The van der Waals surface area contributed by atoms with Crippen molar-refractivity contribution in [3.63, 3.8) is 0 Å². The maximum atomic E-state index is 13.2. The summed E-state index contributed by atoms with van der Waals surface area (Å²) in [4.78, 5) is 31.0. The lowest BCUT2D eigenvalue weighted by atomic mass is 10.1. The highest BCUT2D eigenvalue weighted by Gasteiger charge is 2.37. The van der Waals surface area contributed by atoms with E-state index >= 15 is 0 Å². The number of hydrogen-bond donors (Lipinski definition) is 3. The van der Waals surface area contributed by atoms with Gasteiger partial charge >= 0.3 is 6.18 Å². The Balaban J connectivity index is 1.52. The molecule has 2 amide bonds. The molecule has 1 aromatic carbocycles. The molecule has 4 rings (SSSR count). The highest BCUT2D eigenvalue weighted by Crippen LogP contribution is 2.35. The first kappa shape index (κ1) is 22.8. The van der Waals surface area contributed by atoms with E-state index in [1.165, 1.54) is 29.8 Å². The van der Waals surface area contributed by atoms with Crippen LogP contribution in [0.4, 0.5) is 18.9 Å². The van der Waals surface area contributed by atoms with Gasteiger partial charge in [-0.05, 0) is 18.2 Å². The van der Waals surface area contributed by atoms with Crippen LogP contribution in [0.1, 0.15) is 26.7 Å². The number of halogens is 4. The lowest BCUT2D eigenvalue weighted by Crippen LogP contribution is -2.46. The fraction of sp³-hybridized carbons (Fsp3) is 0.300. The van der Waals surface area contributed by atoms with Gasteiger partial charge in [0.2, 0.25) is 0 Å². The zero-order chi connectivity index (χ0) is 23.8. The molecule has 0 bridgehead atoms. The van der Waals surface area contributed by atoms with Gasteiger partial charge in [0.25, 0.3) is 11.8 Å². The Morgan fingerprint density at radius 2 is 1.91 bits per heavy atom. The Morgan fingerprint density at radius 1 is 1.18 bits per heavy atom. The van der Waals surface area contributed by atoms with Crippen molar-refractivity contribution in [3.8, 4) is 11.3 Å². The number of hydrogen-bond acceptors (Lipinski definition) is 5. The molecule has 1 aliphatic rings. The van der Waals surface area contributed by atoms with E-state index in [0.717, 1.165) is 12.4 Å². The first-order valence-electron chi connectivity index (χ1n) is 9.90. The molecule has 33 heavy (non-hydrogen) atoms. The molecule has 1 aliphatic heterocycles. The molecule has 9 nitrogen and oxygen atoms in total. The van der Waals surface area contributed by atoms with Crippen molar-refractivity contribution in [1.29, 1.82) is 0 Å². The Hall–Kier alpha value is -3.38. The molecule has 174 valence electrons. The predicted octanol–water partition coefficient (Wildman–Crippen LogP) is 2.78. The number of aromatic amines is 1. The number of aromatic nitrogens is 4. The van der Waals surface area contributed by atoms with E-state index in [9.17, 15) is 22.8 Å². The smallest absolute Gasteiger partial charge is 0.336 e. The Kier molecular flexibility index (Phi) is 6.13. The van der Waals surface area contributed by atoms with E-state index in [1.807, 2.05) is 5.10 Å². The summed E-state index contributed by atoms with van der Waals surface area (Å²) >= 11 is 6.28. The van der Waals surface area contributed by atoms with Crippen LogP contribution in [-0.4, -0.2) is 62.6 Å². The highest BCUT2D eigenvalue weighted by atomic mass is 35.5. The monoisotopic (exact) mass is 481 g/mol. The van der Waals surface area contributed by atoms with Crippen molar-refractivity contribution in [2.45, 2.75) is 6.18 Å². The van der Waals surface area contributed by atoms with Crippen LogP contribution in [0.15, 0.2) is 30.6 Å². The molecule has 3 aromatic rings. The third kappa shape index (κ3) is 4.57. The maximum Gasteiger partial charge on any atom is 0.433 e. The Bertz CT molecular complexity index is 1200. The fourth-order valence-corrected chi connectivity index (χ4v) is 3.82. The fourth-order valence-electron chi connectivity index (χ4n) is 3.56. The molecule has 2 aromatic heterocycles. The second-order valence-electron chi connectivity index (χ2n) is 7.37. The number of imidazole rings is 1. The average Bonchev–Trinajstić information content (AvgIpc) is 3.40. The minimum atomic E-state index is -4.64. The number of alkyl halides is 3. The van der Waals surface area contributed by atoms with Gasteiger partial charge in [-0.25, -0.2) is 4.98 Å². The molecule has 1 fully saturated rings. The lowest BCUT2D eigenvalue weighted by molar-refractivity contribution is -0.140. The largest absolute Gasteiger partial charge is 0.433 e. The summed E-state index contributed by atoms with van der Waals surface area (Å²) < 4.78 is 40.8. The maximum absolute atomic E-state index is 13.2. The van der Waals surface area contributed by atoms with E-state index < -0.39 is 17.8 Å². The zero-order valence-corrected chi connectivity index (χ0v) is 18.1. The van der Waals surface area contributed by atoms with Crippen molar-refractivity contribution in [1.82, 2.24) is 30.0 Å². The quantitative estimate of drug-likeness (QED) is 0.531. The van der Waals surface area contributed by atoms with E-state index in [-0.39, 0.29) is 28.0 Å². The molecular formula is C20H19ClF3N7O2. The number of anilines is 1. The van der Waals surface area contributed by atoms with E-state index in [2.05, 4.69) is 20.7 Å². The molecule has 0 aliphatic carbocycles. The summed E-state index contributed by atoms with van der Waals surface area (Å²) in [6.45, 7) is 2.54. The number of piperazine rings is 1. The molecule has 0 atom stereocenters. The van der Waals surface area contributed by atoms with Crippen molar-refractivity contribution in [2.75, 3.05) is 31.5 Å². The molecule has 3 N–H and O–H groups in total. The molecule has 0 radical (unpaired) electrons. The van der Waals surface area contributed by atoms with Gasteiger partial charge in [0.05, 0.1) is 34.2 Å². The molecule has 1 saturated heterocycles. The first-order chi connectivity index (χ1) is 15.7. The van der Waals surface area contributed by atoms with Crippen molar-refractivity contribution < 1.29 is 22.8 Å². The summed E-state index contributed by atoms with van der Waals surface area (Å²) in [5.74, 6) is -0.969. The van der Waals surface area contributed by atoms with E-state index in [0.29, 0.717) is 37.4 Å². The molecule has 0 saturated carbocycles. The second kappa shape index (κ2) is 8.87. The summed E-state index contributed by atoms with van der Waals surface area (Å²) in [5.41, 5.74) is -0.568. The number of nitrogens with one attached hydrogen (secondary N) is 3. The zero-order valence-electron chi connectivity index (χ0n) is 17.3. The molecular weight excluding hydrogens is 463 g/mol. The van der Waals surface area contributed by atoms with Crippen LogP contribution in [0.5, 0.6) is 0 Å². The van der Waals surface area contributed by atoms with Gasteiger partial charge < -0.3 is 20.1 Å². The minimum absolute atomic E-state index is 0.0659. The summed E-state index contributed by atoms with van der Waals surface area (Å²) in [6.07, 6.45) is -2.45. The summed E-state index contributed by atoms with van der Waals surface area (Å²) in [6, 6.07) is 4.49. The summed E-state index contributed by atoms with van der Waals surface area (Å²) in [5, 5.41) is 11.3. The third-order valence-corrected chi connectivity index (χ3v) is 5.56. The number of nitrogens with zero attached hydrogens (tertiary/aromatic N) is 4. The van der Waals surface area contributed by atoms with Crippen molar-refractivity contribution in [3.05, 3.63) is 52.7 Å². The number of amides is 2. The van der Waals surface area contributed by atoms with Crippen LogP contribution >= 0.6 is 11.6 Å². The first-order valence-corrected chi connectivity index (χ1v) is 10.3. The minimum Gasteiger partial charge on any atom is -0.336 e. The predicted molar refractivity (Wildman–Crippen MR) is 114 cm³/mol. The van der Waals surface area contributed by atoms with Crippen LogP contribution in [0.25, 0.3) is 11.3 Å². The van der Waals surface area contributed by atoms with Crippen LogP contribution in [0, 0.1) is 0 Å². The third-order valence-electron chi connectivity index (χ3n) is 5.25. The lowest BCUT2D eigenvalue weighted by Gasteiger charge is -2.27. The van der Waals surface area contributed by atoms with Gasteiger partial charge in [-0.2, -0.15) is 18.3 Å². The van der Waals surface area contributed by atoms with Crippen molar-refractivity contribution >= 4 is 29.1 Å². The van der Waals surface area contributed by atoms with Crippen molar-refractivity contribution in [2.24, 2.45) is 7.05 Å². The van der Waals surface area contributed by atoms with E-state index in [1.54, 1.807) is 4.90 Å². The van der Waals surface area contributed by atoms with Crippen LogP contribution in [-0.2, 0) is 13.2 Å². The van der Waals surface area contributed by atoms with Crippen LogP contribution in [0.3, 0.4) is 0 Å². The Labute approximate surface area is 190 Å². The van der Waals surface area contributed by atoms with Gasteiger partial charge in [-0.15, -0.1) is 0 Å². The highest BCUT2D eigenvalue weighted by molar-refractivity contribution is 6.34. The molecule has 0 unspecified atom stereocenters. The van der Waals surface area contributed by atoms with Gasteiger partial charge in [0.1, 0.15) is 5.69 Å². The van der Waals surface area contributed by atoms with E-state index in [4.69, 9.17) is 11.6 Å². The second-order valence-corrected chi connectivity index (χ2v) is 7.78.